The number of carbonyl (C=O) groups excluding carboxylic acids is 1. The number of nitrogen functional groups attached to an aromatic ring is 1. The Labute approximate surface area is 85.6 Å². The van der Waals surface area contributed by atoms with Crippen molar-refractivity contribution in [3.8, 4) is 0 Å². The van der Waals surface area contributed by atoms with Crippen molar-refractivity contribution in [2.75, 3.05) is 0 Å². The minimum absolute atomic E-state index is 0.00729. The standard InChI is InChI=1S/C10H10N4O/c11-9(12)6-2-1-5-3-8(10(13)15)14-7(5)4-6/h1-4,14H,(H3,11,12)(H2,13,15). The lowest BCUT2D eigenvalue weighted by Gasteiger charge is -1.96. The van der Waals surface area contributed by atoms with Gasteiger partial charge < -0.3 is 16.5 Å². The molecule has 15 heavy (non-hydrogen) atoms. The summed E-state index contributed by atoms with van der Waals surface area (Å²) < 4.78 is 0. The molecule has 6 N–H and O–H groups in total. The van der Waals surface area contributed by atoms with Crippen LogP contribution in [-0.4, -0.2) is 16.7 Å². The fourth-order valence-electron chi connectivity index (χ4n) is 1.43. The molecule has 5 nitrogen and oxygen atoms in total. The van der Waals surface area contributed by atoms with E-state index in [0.29, 0.717) is 11.3 Å². The van der Waals surface area contributed by atoms with Gasteiger partial charge in [-0.05, 0) is 12.1 Å². The summed E-state index contributed by atoms with van der Waals surface area (Å²) in [6.45, 7) is 0. The highest BCUT2D eigenvalue weighted by molar-refractivity contribution is 6.01. The first-order valence-corrected chi connectivity index (χ1v) is 4.35. The van der Waals surface area contributed by atoms with E-state index >= 15 is 0 Å². The molecule has 2 aromatic rings. The number of amidine groups is 1. The zero-order valence-corrected chi connectivity index (χ0v) is 7.87. The Morgan fingerprint density at radius 1 is 1.27 bits per heavy atom. The van der Waals surface area contributed by atoms with Gasteiger partial charge in [0.15, 0.2) is 0 Å². The summed E-state index contributed by atoms with van der Waals surface area (Å²) in [5, 5.41) is 8.14. The smallest absolute Gasteiger partial charge is 0.265 e. The molecular weight excluding hydrogens is 192 g/mol. The summed E-state index contributed by atoms with van der Waals surface area (Å²) in [7, 11) is 0. The molecule has 0 aliphatic carbocycles. The van der Waals surface area contributed by atoms with Gasteiger partial charge in [0.25, 0.3) is 5.91 Å². The molecule has 0 fully saturated rings. The third kappa shape index (κ3) is 1.54. The average molecular weight is 202 g/mol. The number of aromatic amines is 1. The minimum atomic E-state index is -0.504. The van der Waals surface area contributed by atoms with Crippen molar-refractivity contribution >= 4 is 22.6 Å². The molecule has 0 spiro atoms. The highest BCUT2D eigenvalue weighted by Crippen LogP contribution is 2.16. The van der Waals surface area contributed by atoms with Crippen LogP contribution in [0.15, 0.2) is 24.3 Å². The third-order valence-electron chi connectivity index (χ3n) is 2.20. The maximum Gasteiger partial charge on any atom is 0.265 e. The van der Waals surface area contributed by atoms with Crippen LogP contribution in [0, 0.1) is 5.41 Å². The highest BCUT2D eigenvalue weighted by atomic mass is 16.1. The topological polar surface area (TPSA) is 109 Å². The maximum absolute atomic E-state index is 10.9. The number of hydrogen-bond donors (Lipinski definition) is 4. The van der Waals surface area contributed by atoms with Gasteiger partial charge in [0.05, 0.1) is 0 Å². The number of hydrogen-bond acceptors (Lipinski definition) is 2. The SMILES string of the molecule is N=C(N)c1ccc2cc(C(N)=O)[nH]c2c1. The van der Waals surface area contributed by atoms with E-state index in [1.807, 2.05) is 0 Å². The second kappa shape index (κ2) is 3.13. The van der Waals surface area contributed by atoms with Gasteiger partial charge in [-0.1, -0.05) is 12.1 Å². The van der Waals surface area contributed by atoms with Crippen LogP contribution in [0.25, 0.3) is 10.9 Å². The molecule has 0 saturated carbocycles. The normalized spacial score (nSPS) is 10.4. The number of aromatic nitrogens is 1. The van der Waals surface area contributed by atoms with E-state index in [2.05, 4.69) is 4.98 Å². The van der Waals surface area contributed by atoms with E-state index in [1.165, 1.54) is 0 Å². The maximum atomic E-state index is 10.9. The minimum Gasteiger partial charge on any atom is -0.384 e. The van der Waals surface area contributed by atoms with Gasteiger partial charge in [-0.25, -0.2) is 0 Å². The van der Waals surface area contributed by atoms with E-state index in [0.717, 1.165) is 10.9 Å². The van der Waals surface area contributed by atoms with Crippen molar-refractivity contribution in [1.29, 1.82) is 5.41 Å². The molecule has 0 aliphatic rings. The van der Waals surface area contributed by atoms with Crippen LogP contribution in [0.5, 0.6) is 0 Å². The van der Waals surface area contributed by atoms with Gasteiger partial charge in [-0.2, -0.15) is 0 Å². The van der Waals surface area contributed by atoms with Crippen molar-refractivity contribution in [2.24, 2.45) is 11.5 Å². The quantitative estimate of drug-likeness (QED) is 0.421. The van der Waals surface area contributed by atoms with Crippen molar-refractivity contribution in [3.63, 3.8) is 0 Å². The largest absolute Gasteiger partial charge is 0.384 e. The molecule has 0 bridgehead atoms. The first-order valence-electron chi connectivity index (χ1n) is 4.35. The molecule has 5 heteroatoms. The molecule has 0 radical (unpaired) electrons. The second-order valence-corrected chi connectivity index (χ2v) is 3.26. The van der Waals surface area contributed by atoms with E-state index < -0.39 is 5.91 Å². The Balaban J connectivity index is 2.62. The van der Waals surface area contributed by atoms with Crippen LogP contribution in [0.2, 0.25) is 0 Å². The molecule has 1 amide bonds. The first-order chi connectivity index (χ1) is 7.08. The summed E-state index contributed by atoms with van der Waals surface area (Å²) in [4.78, 5) is 13.8. The molecule has 1 aromatic carbocycles. The average Bonchev–Trinajstić information content (AvgIpc) is 2.59. The molecule has 0 saturated heterocycles. The Hall–Kier alpha value is -2.30. The number of H-pyrrole nitrogens is 1. The molecule has 1 heterocycles. The lowest BCUT2D eigenvalue weighted by molar-refractivity contribution is 0.0996. The van der Waals surface area contributed by atoms with E-state index in [-0.39, 0.29) is 5.84 Å². The van der Waals surface area contributed by atoms with Crippen LogP contribution in [0.3, 0.4) is 0 Å². The molecule has 0 aliphatic heterocycles. The van der Waals surface area contributed by atoms with E-state index in [4.69, 9.17) is 16.9 Å². The summed E-state index contributed by atoms with van der Waals surface area (Å²) in [5.74, 6) is -0.511. The number of rotatable bonds is 2. The lowest BCUT2D eigenvalue weighted by atomic mass is 10.1. The van der Waals surface area contributed by atoms with Crippen molar-refractivity contribution in [3.05, 3.63) is 35.5 Å². The Kier molecular flexibility index (Phi) is 1.93. The summed E-state index contributed by atoms with van der Waals surface area (Å²) >= 11 is 0. The Bertz CT molecular complexity index is 544. The van der Waals surface area contributed by atoms with Crippen LogP contribution in [0.1, 0.15) is 16.1 Å². The lowest BCUT2D eigenvalue weighted by Crippen LogP contribution is -2.11. The Morgan fingerprint density at radius 2 is 2.00 bits per heavy atom. The summed E-state index contributed by atoms with van der Waals surface area (Å²) in [5.41, 5.74) is 12.2. The van der Waals surface area contributed by atoms with E-state index in [9.17, 15) is 4.79 Å². The van der Waals surface area contributed by atoms with Gasteiger partial charge in [-0.15, -0.1) is 0 Å². The van der Waals surface area contributed by atoms with Crippen LogP contribution < -0.4 is 11.5 Å². The number of carbonyl (C=O) groups is 1. The molecule has 1 aromatic heterocycles. The zero-order valence-electron chi connectivity index (χ0n) is 7.87. The van der Waals surface area contributed by atoms with Crippen molar-refractivity contribution in [1.82, 2.24) is 4.98 Å². The van der Waals surface area contributed by atoms with Crippen LogP contribution >= 0.6 is 0 Å². The van der Waals surface area contributed by atoms with Gasteiger partial charge in [0.1, 0.15) is 11.5 Å². The number of nitrogens with two attached hydrogens (primary N) is 2. The van der Waals surface area contributed by atoms with Crippen LogP contribution in [0.4, 0.5) is 0 Å². The second-order valence-electron chi connectivity index (χ2n) is 3.26. The fourth-order valence-corrected chi connectivity index (χ4v) is 1.43. The number of amides is 1. The predicted molar refractivity (Wildman–Crippen MR) is 57.8 cm³/mol. The van der Waals surface area contributed by atoms with Gasteiger partial charge >= 0.3 is 0 Å². The third-order valence-corrected chi connectivity index (χ3v) is 2.20. The van der Waals surface area contributed by atoms with Gasteiger partial charge in [0, 0.05) is 16.5 Å². The molecular formula is C10H10N4O. The number of benzene rings is 1. The molecule has 0 unspecified atom stereocenters. The summed E-state index contributed by atoms with van der Waals surface area (Å²) in [6, 6.07) is 6.89. The predicted octanol–water partition coefficient (Wildman–Crippen LogP) is 0.551. The number of fused-ring (bicyclic) bond motifs is 1. The Morgan fingerprint density at radius 3 is 2.60 bits per heavy atom. The number of primary amides is 1. The molecule has 76 valence electrons. The van der Waals surface area contributed by atoms with Crippen molar-refractivity contribution < 1.29 is 4.79 Å². The van der Waals surface area contributed by atoms with E-state index in [1.54, 1.807) is 24.3 Å². The van der Waals surface area contributed by atoms with Crippen molar-refractivity contribution in [2.45, 2.75) is 0 Å². The zero-order chi connectivity index (χ0) is 11.0. The molecule has 2 rings (SSSR count). The van der Waals surface area contributed by atoms with Crippen LogP contribution in [-0.2, 0) is 0 Å². The fraction of sp³-hybridized carbons (Fsp3) is 0. The van der Waals surface area contributed by atoms with Gasteiger partial charge in [0.2, 0.25) is 0 Å². The monoisotopic (exact) mass is 202 g/mol. The summed E-state index contributed by atoms with van der Waals surface area (Å²) in [6.07, 6.45) is 0. The first kappa shape index (κ1) is 9.26. The highest BCUT2D eigenvalue weighted by Gasteiger charge is 2.06. The molecule has 0 atom stereocenters. The number of nitrogens with one attached hydrogen (secondary N) is 2. The van der Waals surface area contributed by atoms with Gasteiger partial charge in [-0.3, -0.25) is 10.2 Å².